The highest BCUT2D eigenvalue weighted by Crippen LogP contribution is 2.08. The van der Waals surface area contributed by atoms with Crippen molar-refractivity contribution in [2.45, 2.75) is 18.9 Å². The zero-order chi connectivity index (χ0) is 8.97. The van der Waals surface area contributed by atoms with E-state index in [4.69, 9.17) is 5.11 Å². The van der Waals surface area contributed by atoms with E-state index in [9.17, 15) is 4.79 Å². The molecule has 1 heterocycles. The van der Waals surface area contributed by atoms with E-state index in [-0.39, 0.29) is 12.5 Å². The van der Waals surface area contributed by atoms with Crippen molar-refractivity contribution in [3.8, 4) is 0 Å². The van der Waals surface area contributed by atoms with Crippen LogP contribution in [-0.2, 0) is 4.79 Å². The van der Waals surface area contributed by atoms with Crippen LogP contribution in [0, 0.1) is 0 Å². The van der Waals surface area contributed by atoms with E-state index in [1.54, 1.807) is 4.90 Å². The highest BCUT2D eigenvalue weighted by molar-refractivity contribution is 5.76. The lowest BCUT2D eigenvalue weighted by atomic mass is 10.1. The zero-order valence-electron chi connectivity index (χ0n) is 7.42. The van der Waals surface area contributed by atoms with Crippen molar-refractivity contribution in [1.82, 2.24) is 10.2 Å². The monoisotopic (exact) mass is 172 g/mol. The Bertz CT molecular complexity index is 161. The van der Waals surface area contributed by atoms with E-state index < -0.39 is 0 Å². The molecule has 1 amide bonds. The number of nitrogens with zero attached hydrogens (tertiary/aromatic N) is 1. The molecular weight excluding hydrogens is 156 g/mol. The zero-order valence-corrected chi connectivity index (χ0v) is 7.42. The van der Waals surface area contributed by atoms with Gasteiger partial charge in [0, 0.05) is 32.6 Å². The Morgan fingerprint density at radius 3 is 3.08 bits per heavy atom. The fourth-order valence-electron chi connectivity index (χ4n) is 1.45. The maximum Gasteiger partial charge on any atom is 0.222 e. The van der Waals surface area contributed by atoms with Gasteiger partial charge in [0.25, 0.3) is 0 Å². The van der Waals surface area contributed by atoms with Crippen LogP contribution in [0.5, 0.6) is 0 Å². The van der Waals surface area contributed by atoms with Crippen molar-refractivity contribution in [2.75, 3.05) is 26.7 Å². The first-order valence-electron chi connectivity index (χ1n) is 4.32. The number of aliphatic hydroxyl groups is 1. The lowest BCUT2D eigenvalue weighted by Crippen LogP contribution is -2.47. The summed E-state index contributed by atoms with van der Waals surface area (Å²) >= 11 is 0. The summed E-state index contributed by atoms with van der Waals surface area (Å²) in [6, 6.07) is 0.361. The molecule has 4 nitrogen and oxygen atoms in total. The number of piperidine rings is 1. The number of carbonyl (C=O) groups excluding carboxylic acids is 1. The van der Waals surface area contributed by atoms with Gasteiger partial charge in [-0.1, -0.05) is 0 Å². The number of amides is 1. The lowest BCUT2D eigenvalue weighted by Gasteiger charge is -2.30. The quantitative estimate of drug-likeness (QED) is 0.585. The van der Waals surface area contributed by atoms with Crippen LogP contribution < -0.4 is 5.32 Å². The predicted molar refractivity (Wildman–Crippen MR) is 45.7 cm³/mol. The number of aliphatic hydroxyl groups excluding tert-OH is 1. The number of rotatable bonds is 3. The molecule has 0 bridgehead atoms. The van der Waals surface area contributed by atoms with Gasteiger partial charge in [-0.15, -0.1) is 0 Å². The summed E-state index contributed by atoms with van der Waals surface area (Å²) in [5.74, 6) is 0.219. The van der Waals surface area contributed by atoms with Crippen LogP contribution in [0.2, 0.25) is 0 Å². The molecule has 1 aliphatic heterocycles. The molecule has 2 N–H and O–H groups in total. The molecule has 0 aliphatic carbocycles. The third kappa shape index (κ3) is 2.46. The van der Waals surface area contributed by atoms with Crippen molar-refractivity contribution in [3.63, 3.8) is 0 Å². The van der Waals surface area contributed by atoms with Crippen molar-refractivity contribution < 1.29 is 9.90 Å². The lowest BCUT2D eigenvalue weighted by molar-refractivity contribution is -0.132. The highest BCUT2D eigenvalue weighted by Gasteiger charge is 2.21. The number of carbonyl (C=O) groups is 1. The van der Waals surface area contributed by atoms with Crippen LogP contribution in [0.4, 0.5) is 0 Å². The Hall–Kier alpha value is -0.610. The average molecular weight is 172 g/mol. The second-order valence-electron chi connectivity index (χ2n) is 3.19. The van der Waals surface area contributed by atoms with Crippen LogP contribution in [0.1, 0.15) is 12.8 Å². The fraction of sp³-hybridized carbons (Fsp3) is 0.875. The van der Waals surface area contributed by atoms with Gasteiger partial charge < -0.3 is 15.3 Å². The molecule has 1 atom stereocenters. The van der Waals surface area contributed by atoms with E-state index in [1.807, 2.05) is 7.05 Å². The average Bonchev–Trinajstić information content (AvgIpc) is 2.07. The first-order chi connectivity index (χ1) is 5.74. The van der Waals surface area contributed by atoms with Crippen LogP contribution in [0.3, 0.4) is 0 Å². The Labute approximate surface area is 72.6 Å². The van der Waals surface area contributed by atoms with Gasteiger partial charge in [-0.25, -0.2) is 0 Å². The Morgan fingerprint density at radius 1 is 1.75 bits per heavy atom. The van der Waals surface area contributed by atoms with E-state index in [0.29, 0.717) is 19.0 Å². The van der Waals surface area contributed by atoms with Gasteiger partial charge in [-0.3, -0.25) is 4.79 Å². The fourth-order valence-corrected chi connectivity index (χ4v) is 1.45. The molecule has 70 valence electrons. The van der Waals surface area contributed by atoms with Gasteiger partial charge in [-0.2, -0.15) is 0 Å². The van der Waals surface area contributed by atoms with E-state index in [0.717, 1.165) is 13.0 Å². The Kier molecular flexibility index (Phi) is 3.49. The number of hydrogen-bond donors (Lipinski definition) is 2. The van der Waals surface area contributed by atoms with Crippen LogP contribution in [-0.4, -0.2) is 48.7 Å². The second kappa shape index (κ2) is 4.42. The number of likely N-dealkylation sites (N-methyl/N-ethyl adjacent to an activating group) is 1. The standard InChI is InChI=1S/C8H16N2O2/c1-10-6-7(9-4-5-11)2-3-8(10)12/h7,9,11H,2-6H2,1H3. The van der Waals surface area contributed by atoms with Gasteiger partial charge in [0.15, 0.2) is 0 Å². The molecule has 1 aliphatic rings. The number of hydrogen-bond acceptors (Lipinski definition) is 3. The SMILES string of the molecule is CN1CC(NCCO)CCC1=O. The van der Waals surface area contributed by atoms with E-state index in [2.05, 4.69) is 5.32 Å². The second-order valence-corrected chi connectivity index (χ2v) is 3.19. The molecule has 0 saturated carbocycles. The molecule has 1 unspecified atom stereocenters. The molecule has 0 radical (unpaired) electrons. The largest absolute Gasteiger partial charge is 0.395 e. The van der Waals surface area contributed by atoms with Gasteiger partial charge in [-0.05, 0) is 6.42 Å². The maximum atomic E-state index is 11.1. The number of likely N-dealkylation sites (tertiary alicyclic amines) is 1. The molecule has 1 rings (SSSR count). The molecule has 4 heteroatoms. The molecule has 1 fully saturated rings. The molecule has 12 heavy (non-hydrogen) atoms. The summed E-state index contributed by atoms with van der Waals surface area (Å²) < 4.78 is 0. The third-order valence-electron chi connectivity index (χ3n) is 2.17. The normalized spacial score (nSPS) is 24.7. The Balaban J connectivity index is 2.25. The summed E-state index contributed by atoms with van der Waals surface area (Å²) in [4.78, 5) is 12.8. The molecular formula is C8H16N2O2. The summed E-state index contributed by atoms with van der Waals surface area (Å²) in [5, 5.41) is 11.8. The minimum absolute atomic E-state index is 0.161. The summed E-state index contributed by atoms with van der Waals surface area (Å²) in [7, 11) is 1.81. The first kappa shape index (κ1) is 9.48. The van der Waals surface area contributed by atoms with Gasteiger partial charge in [0.05, 0.1) is 6.61 Å². The molecule has 0 spiro atoms. The first-order valence-corrected chi connectivity index (χ1v) is 4.32. The molecule has 0 aromatic carbocycles. The Morgan fingerprint density at radius 2 is 2.50 bits per heavy atom. The summed E-state index contributed by atoms with van der Waals surface area (Å²) in [6.07, 6.45) is 1.52. The molecule has 0 aromatic rings. The molecule has 0 aromatic heterocycles. The van der Waals surface area contributed by atoms with Crippen molar-refractivity contribution in [3.05, 3.63) is 0 Å². The van der Waals surface area contributed by atoms with Crippen molar-refractivity contribution in [2.24, 2.45) is 0 Å². The number of nitrogens with one attached hydrogen (secondary N) is 1. The third-order valence-corrected chi connectivity index (χ3v) is 2.17. The van der Waals surface area contributed by atoms with Gasteiger partial charge >= 0.3 is 0 Å². The van der Waals surface area contributed by atoms with Crippen molar-refractivity contribution in [1.29, 1.82) is 0 Å². The predicted octanol–water partition coefficient (Wildman–Crippen LogP) is -0.811. The van der Waals surface area contributed by atoms with Crippen LogP contribution in [0.25, 0.3) is 0 Å². The molecule has 1 saturated heterocycles. The van der Waals surface area contributed by atoms with E-state index in [1.165, 1.54) is 0 Å². The van der Waals surface area contributed by atoms with Gasteiger partial charge in [0.2, 0.25) is 5.91 Å². The maximum absolute atomic E-state index is 11.1. The van der Waals surface area contributed by atoms with Crippen LogP contribution >= 0.6 is 0 Å². The van der Waals surface area contributed by atoms with Gasteiger partial charge in [0.1, 0.15) is 0 Å². The van der Waals surface area contributed by atoms with E-state index >= 15 is 0 Å². The van der Waals surface area contributed by atoms with Crippen molar-refractivity contribution >= 4 is 5.91 Å². The smallest absolute Gasteiger partial charge is 0.222 e. The topological polar surface area (TPSA) is 52.6 Å². The van der Waals surface area contributed by atoms with Crippen LogP contribution in [0.15, 0.2) is 0 Å². The summed E-state index contributed by atoms with van der Waals surface area (Å²) in [5.41, 5.74) is 0. The highest BCUT2D eigenvalue weighted by atomic mass is 16.3. The minimum atomic E-state index is 0.161. The minimum Gasteiger partial charge on any atom is -0.395 e. The summed E-state index contributed by atoms with van der Waals surface area (Å²) in [6.45, 7) is 1.54.